The van der Waals surface area contributed by atoms with E-state index in [1.807, 2.05) is 32.6 Å². The first-order chi connectivity index (χ1) is 6.91. The van der Waals surface area contributed by atoms with Crippen LogP contribution in [0, 0.1) is 5.92 Å². The van der Waals surface area contributed by atoms with Crippen molar-refractivity contribution in [1.29, 1.82) is 0 Å². The van der Waals surface area contributed by atoms with Gasteiger partial charge >= 0.3 is 0 Å². The lowest BCUT2D eigenvalue weighted by atomic mass is 10.1. The van der Waals surface area contributed by atoms with Gasteiger partial charge in [0, 0.05) is 19.7 Å². The molecule has 1 atom stereocenters. The molecular weight excluding hydrogens is 210 g/mol. The van der Waals surface area contributed by atoms with Crippen molar-refractivity contribution in [2.45, 2.75) is 39.0 Å². The van der Waals surface area contributed by atoms with Crippen LogP contribution in [-0.2, 0) is 9.53 Å². The molecule has 0 saturated heterocycles. The van der Waals surface area contributed by atoms with E-state index in [1.165, 1.54) is 0 Å². The third-order valence-corrected chi connectivity index (χ3v) is 3.14. The van der Waals surface area contributed by atoms with E-state index in [4.69, 9.17) is 4.74 Å². The summed E-state index contributed by atoms with van der Waals surface area (Å²) in [6.07, 6.45) is 0. The van der Waals surface area contributed by atoms with Crippen LogP contribution in [0.25, 0.3) is 0 Å². The van der Waals surface area contributed by atoms with Gasteiger partial charge in [-0.2, -0.15) is 12.6 Å². The molecule has 0 aliphatic rings. The van der Waals surface area contributed by atoms with Crippen molar-refractivity contribution in [1.82, 2.24) is 4.90 Å². The number of rotatable bonds is 6. The monoisotopic (exact) mass is 233 g/mol. The van der Waals surface area contributed by atoms with Crippen LogP contribution in [0.4, 0.5) is 0 Å². The van der Waals surface area contributed by atoms with E-state index in [2.05, 4.69) is 12.6 Å². The topological polar surface area (TPSA) is 29.5 Å². The molecular formula is C11H23NO2S. The average molecular weight is 233 g/mol. The third-order valence-electron chi connectivity index (χ3n) is 2.33. The molecule has 0 bridgehead atoms. The second-order valence-corrected chi connectivity index (χ2v) is 4.86. The maximum atomic E-state index is 12.0. The van der Waals surface area contributed by atoms with Crippen molar-refractivity contribution < 1.29 is 9.53 Å². The molecule has 0 spiro atoms. The van der Waals surface area contributed by atoms with Gasteiger partial charge in [-0.25, -0.2) is 0 Å². The Morgan fingerprint density at radius 1 is 1.33 bits per heavy atom. The highest BCUT2D eigenvalue weighted by atomic mass is 32.1. The second kappa shape index (κ2) is 7.12. The highest BCUT2D eigenvalue weighted by Crippen LogP contribution is 2.14. The number of nitrogens with zero attached hydrogens (tertiary/aromatic N) is 1. The molecule has 1 amide bonds. The number of thiol groups is 1. The first-order valence-electron chi connectivity index (χ1n) is 5.39. The molecule has 0 aromatic rings. The summed E-state index contributed by atoms with van der Waals surface area (Å²) in [6, 6.07) is 0.195. The molecule has 90 valence electrons. The van der Waals surface area contributed by atoms with Crippen molar-refractivity contribution in [2.75, 3.05) is 20.3 Å². The van der Waals surface area contributed by atoms with Crippen molar-refractivity contribution in [2.24, 2.45) is 5.92 Å². The number of amides is 1. The number of hydrogen-bond acceptors (Lipinski definition) is 3. The fraction of sp³-hybridized carbons (Fsp3) is 0.909. The zero-order chi connectivity index (χ0) is 12.0. The molecule has 1 unspecified atom stereocenters. The minimum Gasteiger partial charge on any atom is -0.383 e. The van der Waals surface area contributed by atoms with E-state index in [1.54, 1.807) is 7.11 Å². The molecule has 0 radical (unpaired) electrons. The van der Waals surface area contributed by atoms with Gasteiger partial charge < -0.3 is 9.64 Å². The van der Waals surface area contributed by atoms with Crippen LogP contribution in [0.15, 0.2) is 0 Å². The zero-order valence-electron chi connectivity index (χ0n) is 10.4. The van der Waals surface area contributed by atoms with Gasteiger partial charge in [0.05, 0.1) is 11.9 Å². The Morgan fingerprint density at radius 3 is 2.20 bits per heavy atom. The van der Waals surface area contributed by atoms with Crippen LogP contribution in [0.2, 0.25) is 0 Å². The van der Waals surface area contributed by atoms with Gasteiger partial charge in [-0.1, -0.05) is 13.8 Å². The summed E-state index contributed by atoms with van der Waals surface area (Å²) in [5.41, 5.74) is 0. The molecule has 0 fully saturated rings. The van der Waals surface area contributed by atoms with Crippen molar-refractivity contribution in [3.05, 3.63) is 0 Å². The summed E-state index contributed by atoms with van der Waals surface area (Å²) in [7, 11) is 1.64. The van der Waals surface area contributed by atoms with Crippen LogP contribution in [0.1, 0.15) is 27.7 Å². The minimum atomic E-state index is -0.218. The molecule has 0 aliphatic heterocycles. The molecule has 0 heterocycles. The minimum absolute atomic E-state index is 0.0976. The van der Waals surface area contributed by atoms with Crippen LogP contribution >= 0.6 is 12.6 Å². The van der Waals surface area contributed by atoms with Gasteiger partial charge in [0.1, 0.15) is 0 Å². The van der Waals surface area contributed by atoms with Crippen LogP contribution in [0.5, 0.6) is 0 Å². The maximum absolute atomic E-state index is 12.0. The third kappa shape index (κ3) is 4.89. The van der Waals surface area contributed by atoms with Gasteiger partial charge in [-0.15, -0.1) is 0 Å². The Kier molecular flexibility index (Phi) is 7.02. The fourth-order valence-corrected chi connectivity index (χ4v) is 1.42. The van der Waals surface area contributed by atoms with E-state index < -0.39 is 0 Å². The lowest BCUT2D eigenvalue weighted by Gasteiger charge is -2.30. The normalized spacial score (nSPS) is 13.3. The number of carbonyl (C=O) groups excluding carboxylic acids is 1. The van der Waals surface area contributed by atoms with Crippen LogP contribution in [-0.4, -0.2) is 42.4 Å². The molecule has 0 aromatic heterocycles. The lowest BCUT2D eigenvalue weighted by molar-refractivity contribution is -0.133. The van der Waals surface area contributed by atoms with Crippen LogP contribution < -0.4 is 0 Å². The van der Waals surface area contributed by atoms with Crippen molar-refractivity contribution in [3.63, 3.8) is 0 Å². The molecule has 3 nitrogen and oxygen atoms in total. The van der Waals surface area contributed by atoms with Gasteiger partial charge in [0.2, 0.25) is 5.91 Å². The number of hydrogen-bond donors (Lipinski definition) is 1. The van der Waals surface area contributed by atoms with Gasteiger partial charge in [0.25, 0.3) is 0 Å². The smallest absolute Gasteiger partial charge is 0.235 e. The Morgan fingerprint density at radius 2 is 1.87 bits per heavy atom. The predicted octanol–water partition coefficient (Wildman–Crippen LogP) is 1.82. The average Bonchev–Trinajstić information content (AvgIpc) is 2.16. The molecule has 0 aliphatic carbocycles. The first-order valence-corrected chi connectivity index (χ1v) is 5.91. The molecule has 0 N–H and O–H groups in total. The summed E-state index contributed by atoms with van der Waals surface area (Å²) in [4.78, 5) is 13.8. The predicted molar refractivity (Wildman–Crippen MR) is 66.3 cm³/mol. The summed E-state index contributed by atoms with van der Waals surface area (Å²) in [6.45, 7) is 9.23. The molecule has 0 aromatic carbocycles. The number of carbonyl (C=O) groups is 1. The summed E-state index contributed by atoms with van der Waals surface area (Å²) < 4.78 is 4.99. The summed E-state index contributed by atoms with van der Waals surface area (Å²) >= 11 is 4.34. The van der Waals surface area contributed by atoms with Crippen LogP contribution in [0.3, 0.4) is 0 Å². The fourth-order valence-electron chi connectivity index (χ4n) is 1.27. The highest BCUT2D eigenvalue weighted by Gasteiger charge is 2.25. The maximum Gasteiger partial charge on any atom is 0.235 e. The van der Waals surface area contributed by atoms with Crippen molar-refractivity contribution >= 4 is 18.5 Å². The van der Waals surface area contributed by atoms with E-state index >= 15 is 0 Å². The Labute approximate surface area is 98.6 Å². The first kappa shape index (κ1) is 14.8. The quantitative estimate of drug-likeness (QED) is 0.709. The number of methoxy groups -OCH3 is 1. The molecule has 15 heavy (non-hydrogen) atoms. The standard InChI is InChI=1S/C11H23NO2S/c1-8(2)10(15)11(13)12(9(3)4)6-7-14-5/h8-10,15H,6-7H2,1-5H3. The summed E-state index contributed by atoms with van der Waals surface area (Å²) in [5.74, 6) is 0.352. The second-order valence-electron chi connectivity index (χ2n) is 4.31. The summed E-state index contributed by atoms with van der Waals surface area (Å²) in [5, 5.41) is -0.218. The van der Waals surface area contributed by atoms with E-state index in [-0.39, 0.29) is 23.1 Å². The zero-order valence-corrected chi connectivity index (χ0v) is 11.3. The largest absolute Gasteiger partial charge is 0.383 e. The van der Waals surface area contributed by atoms with Crippen molar-refractivity contribution in [3.8, 4) is 0 Å². The highest BCUT2D eigenvalue weighted by molar-refractivity contribution is 7.81. The molecule has 0 rings (SSSR count). The lowest BCUT2D eigenvalue weighted by Crippen LogP contribution is -2.44. The van der Waals surface area contributed by atoms with Gasteiger partial charge in [-0.3, -0.25) is 4.79 Å². The van der Waals surface area contributed by atoms with E-state index in [9.17, 15) is 4.79 Å². The SMILES string of the molecule is COCCN(C(=O)C(S)C(C)C)C(C)C. The molecule has 0 saturated carbocycles. The Balaban J connectivity index is 4.41. The van der Waals surface area contributed by atoms with E-state index in [0.717, 1.165) is 0 Å². The molecule has 4 heteroatoms. The van der Waals surface area contributed by atoms with E-state index in [0.29, 0.717) is 13.2 Å². The number of ether oxygens (including phenoxy) is 1. The van der Waals surface area contributed by atoms with Gasteiger partial charge in [-0.05, 0) is 19.8 Å². The Bertz CT molecular complexity index is 195. The Hall–Kier alpha value is -0.220. The van der Waals surface area contributed by atoms with Gasteiger partial charge in [0.15, 0.2) is 0 Å².